The minimum atomic E-state index is 0. The van der Waals surface area contributed by atoms with Gasteiger partial charge < -0.3 is 17.6 Å². The standard InChI is InChI=1S/CH3N2O.CH3.W/c2-3-1-4;;/h2H2,(H,3,4);1H3;/q2*-1;+2. The van der Waals surface area contributed by atoms with E-state index in [1.807, 2.05) is 0 Å². The summed E-state index contributed by atoms with van der Waals surface area (Å²) in [4.78, 5) is 8.81. The van der Waals surface area contributed by atoms with E-state index >= 15 is 0 Å². The summed E-state index contributed by atoms with van der Waals surface area (Å²) in [5.74, 6) is 4.35. The van der Waals surface area contributed by atoms with Crippen LogP contribution in [0.5, 0.6) is 0 Å². The molecule has 1 amide bonds. The minimum absolute atomic E-state index is 0. The van der Waals surface area contributed by atoms with E-state index < -0.39 is 0 Å². The molecule has 0 heterocycles. The van der Waals surface area contributed by atoms with Gasteiger partial charge in [-0.3, -0.25) is 5.84 Å². The average molecular weight is 258 g/mol. The number of hydrazine groups is 1. The van der Waals surface area contributed by atoms with Crippen LogP contribution >= 0.6 is 0 Å². The van der Waals surface area contributed by atoms with Gasteiger partial charge in [0.2, 0.25) is 0 Å². The van der Waals surface area contributed by atoms with Crippen LogP contribution in [0.3, 0.4) is 0 Å². The van der Waals surface area contributed by atoms with Gasteiger partial charge in [0.25, 0.3) is 0 Å². The first kappa shape index (κ1) is 16.5. The summed E-state index contributed by atoms with van der Waals surface area (Å²) in [6.45, 7) is 0. The van der Waals surface area contributed by atoms with Crippen molar-refractivity contribution >= 4 is 6.41 Å². The van der Waals surface area contributed by atoms with E-state index in [1.165, 1.54) is 6.41 Å². The molecule has 4 heteroatoms. The van der Waals surface area contributed by atoms with Crippen molar-refractivity contribution in [1.82, 2.24) is 5.43 Å². The Balaban J connectivity index is -0.0000000450. The maximum absolute atomic E-state index is 8.81. The Kier molecular flexibility index (Phi) is 53.1. The Bertz CT molecular complexity index is 25.5. The molecule has 36 valence electrons. The molecule has 3 N–H and O–H groups in total. The van der Waals surface area contributed by atoms with E-state index in [2.05, 4.69) is 5.84 Å². The maximum Gasteiger partial charge on any atom is 2.00 e. The van der Waals surface area contributed by atoms with Crippen LogP contribution in [-0.2, 0) is 25.9 Å². The predicted molar refractivity (Wildman–Crippen MR) is 19.4 cm³/mol. The summed E-state index contributed by atoms with van der Waals surface area (Å²) in [7, 11) is 0. The number of nitrogens with two attached hydrogens (primary N) is 1. The topological polar surface area (TPSA) is 55.1 Å². The van der Waals surface area contributed by atoms with Crippen LogP contribution in [0.1, 0.15) is 0 Å². The molecule has 6 heavy (non-hydrogen) atoms. The largest absolute Gasteiger partial charge is 2.00 e. The van der Waals surface area contributed by atoms with Crippen LogP contribution in [0.4, 0.5) is 0 Å². The third-order valence-electron chi connectivity index (χ3n) is 0.0589. The zero-order valence-electron chi connectivity index (χ0n) is 3.39. The smallest absolute Gasteiger partial charge is 0.519 e. The quantitative estimate of drug-likeness (QED) is 0.207. The number of nitrogens with one attached hydrogen (secondary N) is 1. The molecule has 0 aromatic carbocycles. The Morgan fingerprint density at radius 2 is 1.83 bits per heavy atom. The van der Waals surface area contributed by atoms with Gasteiger partial charge >= 0.3 is 21.1 Å². The van der Waals surface area contributed by atoms with Crippen molar-refractivity contribution in [3.05, 3.63) is 7.43 Å². The molecule has 0 saturated carbocycles. The van der Waals surface area contributed by atoms with Crippen LogP contribution in [0.15, 0.2) is 0 Å². The minimum Gasteiger partial charge on any atom is -0.519 e. The van der Waals surface area contributed by atoms with Gasteiger partial charge in [0.15, 0.2) is 0 Å². The molecule has 0 aromatic rings. The zero-order chi connectivity index (χ0) is 3.41. The second-order valence-electron chi connectivity index (χ2n) is 0.246. The summed E-state index contributed by atoms with van der Waals surface area (Å²) in [5, 5.41) is 0. The fraction of sp³-hybridized carbons (Fsp3) is 0. The normalized spacial score (nSPS) is 3.50. The Hall–Kier alpha value is 0.118. The van der Waals surface area contributed by atoms with Crippen LogP contribution < -0.4 is 11.3 Å². The molecule has 3 nitrogen and oxygen atoms in total. The van der Waals surface area contributed by atoms with Gasteiger partial charge in [-0.25, -0.2) is 0 Å². The van der Waals surface area contributed by atoms with E-state index in [1.54, 1.807) is 5.43 Å². The van der Waals surface area contributed by atoms with E-state index in [0.29, 0.717) is 0 Å². The SMILES string of the molecule is NN[C-]=O.[CH3-].[W+2]. The first-order valence-electron chi connectivity index (χ1n) is 0.743. The Labute approximate surface area is 51.5 Å². The molecular formula is C2H6N2OW. The molecule has 0 atom stereocenters. The molecule has 0 aromatic heterocycles. The first-order chi connectivity index (χ1) is 1.91. The number of hydrogen-bond acceptors (Lipinski definition) is 2. The number of carbonyl (C=O) groups excluding carboxylic acids is 1. The van der Waals surface area contributed by atoms with Crippen LogP contribution in [0, 0.1) is 7.43 Å². The third kappa shape index (κ3) is 32.0. The van der Waals surface area contributed by atoms with E-state index in [4.69, 9.17) is 4.79 Å². The van der Waals surface area contributed by atoms with Crippen molar-refractivity contribution < 1.29 is 25.9 Å². The van der Waals surface area contributed by atoms with E-state index in [-0.39, 0.29) is 28.5 Å². The molecule has 0 aliphatic rings. The van der Waals surface area contributed by atoms with Gasteiger partial charge in [-0.1, -0.05) is 0 Å². The molecule has 0 aliphatic heterocycles. The van der Waals surface area contributed by atoms with Crippen molar-refractivity contribution in [2.75, 3.05) is 0 Å². The first-order valence-corrected chi connectivity index (χ1v) is 0.743. The van der Waals surface area contributed by atoms with Crippen molar-refractivity contribution in [2.24, 2.45) is 5.84 Å². The third-order valence-corrected chi connectivity index (χ3v) is 0.0589. The molecule has 0 rings (SSSR count). The Morgan fingerprint density at radius 3 is 1.83 bits per heavy atom. The van der Waals surface area contributed by atoms with Crippen LogP contribution in [0.25, 0.3) is 0 Å². The molecule has 0 aliphatic carbocycles. The summed E-state index contributed by atoms with van der Waals surface area (Å²) >= 11 is 0. The van der Waals surface area contributed by atoms with E-state index in [0.717, 1.165) is 0 Å². The van der Waals surface area contributed by atoms with Crippen molar-refractivity contribution in [2.45, 2.75) is 0 Å². The average Bonchev–Trinajstić information content (AvgIpc) is 1.37. The van der Waals surface area contributed by atoms with Crippen LogP contribution in [0.2, 0.25) is 0 Å². The Morgan fingerprint density at radius 1 is 1.67 bits per heavy atom. The van der Waals surface area contributed by atoms with E-state index in [9.17, 15) is 0 Å². The molecule has 0 unspecified atom stereocenters. The second kappa shape index (κ2) is 19.3. The predicted octanol–water partition coefficient (Wildman–Crippen LogP) is -1.04. The van der Waals surface area contributed by atoms with Crippen LogP contribution in [-0.4, -0.2) is 6.41 Å². The fourth-order valence-corrected chi connectivity index (χ4v) is 0. The fourth-order valence-electron chi connectivity index (χ4n) is 0. The summed E-state index contributed by atoms with van der Waals surface area (Å²) < 4.78 is 0. The van der Waals surface area contributed by atoms with Gasteiger partial charge in [0.1, 0.15) is 0 Å². The monoisotopic (exact) mass is 258 g/mol. The van der Waals surface area contributed by atoms with Crippen molar-refractivity contribution in [3.8, 4) is 0 Å². The summed E-state index contributed by atoms with van der Waals surface area (Å²) in [6, 6.07) is 0. The maximum atomic E-state index is 8.81. The van der Waals surface area contributed by atoms with Crippen molar-refractivity contribution in [3.63, 3.8) is 0 Å². The summed E-state index contributed by atoms with van der Waals surface area (Å²) in [6.07, 6.45) is 1.21. The second-order valence-corrected chi connectivity index (χ2v) is 0.246. The van der Waals surface area contributed by atoms with Gasteiger partial charge in [-0.2, -0.15) is 6.41 Å². The number of amides is 1. The van der Waals surface area contributed by atoms with Gasteiger partial charge in [-0.15, -0.1) is 0 Å². The molecule has 0 radical (unpaired) electrons. The number of rotatable bonds is 1. The zero-order valence-corrected chi connectivity index (χ0v) is 6.33. The molecule has 0 saturated heterocycles. The van der Waals surface area contributed by atoms with Gasteiger partial charge in [0.05, 0.1) is 0 Å². The summed E-state index contributed by atoms with van der Waals surface area (Å²) in [5.41, 5.74) is 1.62. The van der Waals surface area contributed by atoms with Crippen molar-refractivity contribution in [1.29, 1.82) is 0 Å². The molecule has 0 fully saturated rings. The molecule has 0 bridgehead atoms. The molecular weight excluding hydrogens is 252 g/mol. The van der Waals surface area contributed by atoms with Gasteiger partial charge in [-0.05, 0) is 0 Å². The van der Waals surface area contributed by atoms with Gasteiger partial charge in [0, 0.05) is 0 Å². The molecule has 0 spiro atoms. The number of hydrogen-bond donors (Lipinski definition) is 2.